The zero-order valence-corrected chi connectivity index (χ0v) is 35.5. The van der Waals surface area contributed by atoms with Crippen molar-refractivity contribution in [3.8, 4) is 0 Å². The summed E-state index contributed by atoms with van der Waals surface area (Å²) in [6.45, 7) is 3.08. The number of hydrogen-bond acceptors (Lipinski definition) is 14. The summed E-state index contributed by atoms with van der Waals surface area (Å²) in [7, 11) is 0. The fraction of sp³-hybridized carbons (Fsp3) is 0.886. The summed E-state index contributed by atoms with van der Waals surface area (Å²) in [6.07, 6.45) is 18.1. The summed E-state index contributed by atoms with van der Waals surface area (Å²) >= 11 is 0. The van der Waals surface area contributed by atoms with Crippen LogP contribution in [0.3, 0.4) is 0 Å². The first kappa shape index (κ1) is 52.6. The van der Waals surface area contributed by atoms with Crippen molar-refractivity contribution in [3.05, 3.63) is 24.3 Å². The molecule has 2 fully saturated rings. The highest BCUT2D eigenvalue weighted by Crippen LogP contribution is 2.26. The van der Waals surface area contributed by atoms with Crippen molar-refractivity contribution in [2.45, 2.75) is 216 Å². The van der Waals surface area contributed by atoms with Gasteiger partial charge in [-0.1, -0.05) is 128 Å². The van der Waals surface area contributed by atoms with Crippen molar-refractivity contribution in [2.75, 3.05) is 33.0 Å². The molecule has 0 aromatic carbocycles. The van der Waals surface area contributed by atoms with Gasteiger partial charge in [0.1, 0.15) is 54.9 Å². The molecule has 2 heterocycles. The lowest BCUT2D eigenvalue weighted by atomic mass is 9.98. The van der Waals surface area contributed by atoms with Crippen LogP contribution in [0.5, 0.6) is 0 Å². The normalized spacial score (nSPS) is 28.4. The van der Waals surface area contributed by atoms with E-state index in [1.165, 1.54) is 103 Å². The Morgan fingerprint density at radius 1 is 0.569 bits per heavy atom. The maximum atomic E-state index is 12.1. The fourth-order valence-electron chi connectivity index (χ4n) is 7.00. The monoisotopic (exact) mass is 833 g/mol. The Morgan fingerprint density at radius 3 is 1.59 bits per heavy atom. The van der Waals surface area contributed by atoms with E-state index in [2.05, 4.69) is 31.2 Å². The van der Waals surface area contributed by atoms with Gasteiger partial charge < -0.3 is 64.2 Å². The lowest BCUT2D eigenvalue weighted by Gasteiger charge is -2.42. The van der Waals surface area contributed by atoms with Crippen molar-refractivity contribution in [3.63, 3.8) is 0 Å². The van der Waals surface area contributed by atoms with Crippen LogP contribution < -0.4 is 0 Å². The van der Waals surface area contributed by atoms with Gasteiger partial charge in [0, 0.05) is 13.0 Å². The van der Waals surface area contributed by atoms with E-state index in [4.69, 9.17) is 28.4 Å². The molecule has 0 saturated carbocycles. The summed E-state index contributed by atoms with van der Waals surface area (Å²) in [4.78, 5) is 12.1. The van der Waals surface area contributed by atoms with E-state index in [0.29, 0.717) is 6.61 Å². The van der Waals surface area contributed by atoms with E-state index in [1.807, 2.05) is 0 Å². The van der Waals surface area contributed by atoms with Crippen LogP contribution in [-0.4, -0.2) is 142 Å². The Labute approximate surface area is 347 Å². The Kier molecular flexibility index (Phi) is 30.1. The molecule has 0 bridgehead atoms. The Bertz CT molecular complexity index is 1060. The van der Waals surface area contributed by atoms with Crippen molar-refractivity contribution in [1.82, 2.24) is 0 Å². The van der Waals surface area contributed by atoms with Crippen LogP contribution in [0, 0.1) is 0 Å². The minimum absolute atomic E-state index is 0.0526. The van der Waals surface area contributed by atoms with Crippen LogP contribution in [0.2, 0.25) is 0 Å². The van der Waals surface area contributed by atoms with Gasteiger partial charge in [-0.05, 0) is 38.5 Å². The standard InChI is InChI=1S/C44H80O14/c1-3-5-6-7-8-9-10-11-12-13-14-15-16-17-18-19-20-21-22-23-24-25-26-27-28-53-30-33(56-36(46)4-2)31-54-43-42(52)40(50)38(48)35(58-43)32-55-44-41(51)39(49)37(47)34(29-45)57-44/h10-11,13-14,33-35,37-45,47-52H,3-9,12,15-32H2,1-2H3/b11-10-,14-13-. The lowest BCUT2D eigenvalue weighted by molar-refractivity contribution is -0.332. The maximum absolute atomic E-state index is 12.1. The highest BCUT2D eigenvalue weighted by Gasteiger charge is 2.47. The first-order chi connectivity index (χ1) is 28.1. The average molecular weight is 833 g/mol. The van der Waals surface area contributed by atoms with Gasteiger partial charge in [-0.25, -0.2) is 0 Å². The molecule has 11 unspecified atom stereocenters. The predicted molar refractivity (Wildman–Crippen MR) is 220 cm³/mol. The Morgan fingerprint density at radius 2 is 1.05 bits per heavy atom. The quantitative estimate of drug-likeness (QED) is 0.0261. The van der Waals surface area contributed by atoms with Crippen LogP contribution >= 0.6 is 0 Å². The molecule has 2 aliphatic heterocycles. The third-order valence-electron chi connectivity index (χ3n) is 10.8. The molecule has 2 saturated heterocycles. The molecule has 0 amide bonds. The maximum Gasteiger partial charge on any atom is 0.305 e. The van der Waals surface area contributed by atoms with Gasteiger partial charge in [-0.3, -0.25) is 4.79 Å². The largest absolute Gasteiger partial charge is 0.457 e. The summed E-state index contributed by atoms with van der Waals surface area (Å²) in [5, 5.41) is 71.1. The first-order valence-electron chi connectivity index (χ1n) is 22.4. The van der Waals surface area contributed by atoms with E-state index in [1.54, 1.807) is 6.92 Å². The molecule has 11 atom stereocenters. The van der Waals surface area contributed by atoms with Gasteiger partial charge in [0.05, 0.1) is 26.4 Å². The third-order valence-corrected chi connectivity index (χ3v) is 10.8. The second kappa shape index (κ2) is 33.1. The molecule has 340 valence electrons. The number of hydrogen-bond donors (Lipinski definition) is 7. The zero-order valence-electron chi connectivity index (χ0n) is 35.5. The van der Waals surface area contributed by atoms with Crippen LogP contribution in [0.25, 0.3) is 0 Å². The first-order valence-corrected chi connectivity index (χ1v) is 22.4. The Hall–Kier alpha value is -1.53. The van der Waals surface area contributed by atoms with Gasteiger partial charge in [0.25, 0.3) is 0 Å². The molecule has 0 spiro atoms. The van der Waals surface area contributed by atoms with E-state index >= 15 is 0 Å². The number of aliphatic hydroxyl groups excluding tert-OH is 7. The number of aliphatic hydroxyl groups is 7. The molecule has 0 aromatic rings. The van der Waals surface area contributed by atoms with E-state index in [9.17, 15) is 40.5 Å². The van der Waals surface area contributed by atoms with Gasteiger partial charge >= 0.3 is 5.97 Å². The molecule has 2 rings (SSSR count). The summed E-state index contributed by atoms with van der Waals surface area (Å²) in [5.74, 6) is -0.464. The Balaban J connectivity index is 1.53. The number of carbonyl (C=O) groups is 1. The number of carbonyl (C=O) groups excluding carboxylic acids is 1. The van der Waals surface area contributed by atoms with Crippen LogP contribution in [0.15, 0.2) is 24.3 Å². The number of esters is 1. The van der Waals surface area contributed by atoms with Gasteiger partial charge in [0.15, 0.2) is 12.6 Å². The minimum Gasteiger partial charge on any atom is -0.457 e. The molecule has 0 aliphatic carbocycles. The molecular formula is C44H80O14. The number of rotatable bonds is 34. The molecule has 2 aliphatic rings. The molecule has 58 heavy (non-hydrogen) atoms. The second-order valence-electron chi connectivity index (χ2n) is 15.8. The fourth-order valence-corrected chi connectivity index (χ4v) is 7.00. The lowest BCUT2D eigenvalue weighted by Crippen LogP contribution is -2.61. The molecule has 14 nitrogen and oxygen atoms in total. The molecule has 7 N–H and O–H groups in total. The molecular weight excluding hydrogens is 752 g/mol. The third kappa shape index (κ3) is 21.8. The smallest absolute Gasteiger partial charge is 0.305 e. The second-order valence-corrected chi connectivity index (χ2v) is 15.8. The van der Waals surface area contributed by atoms with Crippen molar-refractivity contribution >= 4 is 5.97 Å². The number of ether oxygens (including phenoxy) is 6. The van der Waals surface area contributed by atoms with Crippen molar-refractivity contribution in [1.29, 1.82) is 0 Å². The van der Waals surface area contributed by atoms with E-state index in [-0.39, 0.29) is 19.6 Å². The summed E-state index contributed by atoms with van der Waals surface area (Å²) < 4.78 is 33.4. The topological polar surface area (TPSA) is 214 Å². The molecule has 14 heteroatoms. The van der Waals surface area contributed by atoms with Gasteiger partial charge in [0.2, 0.25) is 0 Å². The molecule has 0 aromatic heterocycles. The highest BCUT2D eigenvalue weighted by atomic mass is 16.7. The van der Waals surface area contributed by atoms with Crippen molar-refractivity contribution < 1.29 is 69.0 Å². The van der Waals surface area contributed by atoms with Gasteiger partial charge in [-0.2, -0.15) is 0 Å². The van der Waals surface area contributed by atoms with Crippen LogP contribution in [0.4, 0.5) is 0 Å². The highest BCUT2D eigenvalue weighted by molar-refractivity contribution is 5.69. The predicted octanol–water partition coefficient (Wildman–Crippen LogP) is 4.90. The SMILES string of the molecule is CCCCCCC/C=C\C/C=C\CCCCCCCCCCCCCCOCC(COC1OC(COC2OC(CO)C(O)C(O)C2O)C(O)C(O)C1O)OC(=O)CC. The number of unbranched alkanes of at least 4 members (excludes halogenated alkanes) is 17. The van der Waals surface area contributed by atoms with E-state index < -0.39 is 86.7 Å². The minimum atomic E-state index is -1.70. The average Bonchev–Trinajstić information content (AvgIpc) is 3.22. The zero-order chi connectivity index (χ0) is 42.4. The van der Waals surface area contributed by atoms with Crippen LogP contribution in [-0.2, 0) is 33.2 Å². The molecule has 0 radical (unpaired) electrons. The van der Waals surface area contributed by atoms with Crippen molar-refractivity contribution in [2.24, 2.45) is 0 Å². The summed E-state index contributed by atoms with van der Waals surface area (Å²) in [5.41, 5.74) is 0. The van der Waals surface area contributed by atoms with Gasteiger partial charge in [-0.15, -0.1) is 0 Å². The van der Waals surface area contributed by atoms with E-state index in [0.717, 1.165) is 25.7 Å². The summed E-state index contributed by atoms with van der Waals surface area (Å²) in [6, 6.07) is 0. The van der Waals surface area contributed by atoms with Crippen LogP contribution in [0.1, 0.15) is 149 Å². The number of allylic oxidation sites excluding steroid dienone is 4.